The van der Waals surface area contributed by atoms with Crippen molar-refractivity contribution in [2.75, 3.05) is 6.61 Å². The molecule has 5 nitrogen and oxygen atoms in total. The van der Waals surface area contributed by atoms with Crippen molar-refractivity contribution in [1.82, 2.24) is 4.57 Å². The maximum absolute atomic E-state index is 13.4. The van der Waals surface area contributed by atoms with Crippen LogP contribution in [0.2, 0.25) is 10.0 Å². The average molecular weight is 456 g/mol. The van der Waals surface area contributed by atoms with Crippen LogP contribution in [0.25, 0.3) is 5.69 Å². The summed E-state index contributed by atoms with van der Waals surface area (Å²) in [6, 6.07) is 11.7. The van der Waals surface area contributed by atoms with Crippen LogP contribution < -0.4 is 0 Å². The Labute approximate surface area is 189 Å². The summed E-state index contributed by atoms with van der Waals surface area (Å²) in [6.45, 7) is 2.04. The van der Waals surface area contributed by atoms with Gasteiger partial charge in [0.2, 0.25) is 0 Å². The van der Waals surface area contributed by atoms with Crippen molar-refractivity contribution in [3.63, 3.8) is 0 Å². The van der Waals surface area contributed by atoms with Gasteiger partial charge in [-0.2, -0.15) is 0 Å². The van der Waals surface area contributed by atoms with Gasteiger partial charge < -0.3 is 9.30 Å². The standard InChI is InChI=1S/C24H19Cl2NO4/c1-2-31-24(30)14-9-11-15(12-10-14)27-13-16(21-19(27)7-4-8-20(21)28)23(29)22-17(25)5-3-6-18(22)26/h3,5-6,9-13H,2,4,7-8H2,1H3. The minimum atomic E-state index is -0.400. The SMILES string of the molecule is CCOC(=O)c1ccc(-n2cc(C(=O)c3c(Cl)cccc3Cl)c3c2CCCC3=O)cc1. The molecule has 158 valence electrons. The minimum Gasteiger partial charge on any atom is -0.462 e. The van der Waals surface area contributed by atoms with E-state index in [1.807, 2.05) is 4.57 Å². The third kappa shape index (κ3) is 3.91. The third-order valence-electron chi connectivity index (χ3n) is 5.29. The number of benzene rings is 2. The number of hydrogen-bond acceptors (Lipinski definition) is 4. The van der Waals surface area contributed by atoms with Crippen LogP contribution in [0.15, 0.2) is 48.7 Å². The Hall–Kier alpha value is -2.89. The molecule has 0 atom stereocenters. The number of esters is 1. The number of ether oxygens (including phenoxy) is 1. The molecule has 0 N–H and O–H groups in total. The van der Waals surface area contributed by atoms with Gasteiger partial charge in [0.25, 0.3) is 0 Å². The van der Waals surface area contributed by atoms with Crippen molar-refractivity contribution in [2.45, 2.75) is 26.2 Å². The molecule has 3 aromatic rings. The van der Waals surface area contributed by atoms with E-state index >= 15 is 0 Å². The first-order valence-electron chi connectivity index (χ1n) is 9.96. The molecule has 4 rings (SSSR count). The van der Waals surface area contributed by atoms with E-state index in [1.165, 1.54) is 0 Å². The zero-order chi connectivity index (χ0) is 22.1. The smallest absolute Gasteiger partial charge is 0.338 e. The number of hydrogen-bond donors (Lipinski definition) is 0. The van der Waals surface area contributed by atoms with Gasteiger partial charge >= 0.3 is 5.97 Å². The molecule has 1 aliphatic carbocycles. The van der Waals surface area contributed by atoms with Crippen LogP contribution in [0.4, 0.5) is 0 Å². The predicted molar refractivity (Wildman–Crippen MR) is 119 cm³/mol. The van der Waals surface area contributed by atoms with E-state index in [0.717, 1.165) is 11.4 Å². The molecule has 1 aliphatic rings. The van der Waals surface area contributed by atoms with E-state index in [-0.39, 0.29) is 32.7 Å². The van der Waals surface area contributed by atoms with Gasteiger partial charge in [0.1, 0.15) is 0 Å². The number of nitrogens with zero attached hydrogens (tertiary/aromatic N) is 1. The highest BCUT2D eigenvalue weighted by atomic mass is 35.5. The number of ketones is 2. The van der Waals surface area contributed by atoms with Gasteiger partial charge in [-0.25, -0.2) is 4.79 Å². The molecule has 2 aromatic carbocycles. The van der Waals surface area contributed by atoms with Crippen LogP contribution in [0.5, 0.6) is 0 Å². The average Bonchev–Trinajstić information content (AvgIpc) is 3.15. The maximum atomic E-state index is 13.4. The Balaban J connectivity index is 1.82. The van der Waals surface area contributed by atoms with Gasteiger partial charge in [0.05, 0.1) is 38.9 Å². The second-order valence-corrected chi connectivity index (χ2v) is 8.02. The quantitative estimate of drug-likeness (QED) is 0.364. The number of carbonyl (C=O) groups excluding carboxylic acids is 3. The lowest BCUT2D eigenvalue weighted by atomic mass is 9.91. The van der Waals surface area contributed by atoms with Crippen molar-refractivity contribution >= 4 is 40.7 Å². The normalized spacial score (nSPS) is 13.1. The van der Waals surface area contributed by atoms with E-state index in [4.69, 9.17) is 27.9 Å². The van der Waals surface area contributed by atoms with Crippen LogP contribution in [0.1, 0.15) is 62.1 Å². The molecule has 31 heavy (non-hydrogen) atoms. The van der Waals surface area contributed by atoms with Gasteiger partial charge in [-0.15, -0.1) is 0 Å². The third-order valence-corrected chi connectivity index (χ3v) is 5.92. The Kier molecular flexibility index (Phi) is 5.99. The Morgan fingerprint density at radius 3 is 2.35 bits per heavy atom. The molecule has 0 amide bonds. The molecule has 0 saturated heterocycles. The fourth-order valence-corrected chi connectivity index (χ4v) is 4.44. The molecule has 0 fully saturated rings. The lowest BCUT2D eigenvalue weighted by Gasteiger charge is -2.15. The number of halogens is 2. The van der Waals surface area contributed by atoms with Crippen molar-refractivity contribution in [1.29, 1.82) is 0 Å². The van der Waals surface area contributed by atoms with Gasteiger partial charge in [-0.1, -0.05) is 29.3 Å². The molecule has 0 aliphatic heterocycles. The van der Waals surface area contributed by atoms with Gasteiger partial charge in [-0.3, -0.25) is 9.59 Å². The molecule has 0 saturated carbocycles. The molecule has 7 heteroatoms. The number of Topliss-reactive ketones (excluding diaryl/α,β-unsaturated/α-hetero) is 1. The van der Waals surface area contributed by atoms with Crippen LogP contribution in [-0.4, -0.2) is 28.7 Å². The van der Waals surface area contributed by atoms with Gasteiger partial charge in [0.15, 0.2) is 11.6 Å². The molecule has 0 unspecified atom stereocenters. The van der Waals surface area contributed by atoms with Crippen LogP contribution in [0, 0.1) is 0 Å². The van der Waals surface area contributed by atoms with Crippen LogP contribution >= 0.6 is 23.2 Å². The zero-order valence-electron chi connectivity index (χ0n) is 16.8. The zero-order valence-corrected chi connectivity index (χ0v) is 18.3. The van der Waals surface area contributed by atoms with E-state index in [1.54, 1.807) is 55.6 Å². The summed E-state index contributed by atoms with van der Waals surface area (Å²) in [5.41, 5.74) is 2.82. The van der Waals surface area contributed by atoms with Crippen molar-refractivity contribution in [2.24, 2.45) is 0 Å². The Bertz CT molecular complexity index is 1170. The summed E-state index contributed by atoms with van der Waals surface area (Å²) in [4.78, 5) is 38.1. The summed E-state index contributed by atoms with van der Waals surface area (Å²) in [5, 5.41) is 0.474. The highest BCUT2D eigenvalue weighted by molar-refractivity contribution is 6.41. The molecule has 1 aromatic heterocycles. The fraction of sp³-hybridized carbons (Fsp3) is 0.208. The second-order valence-electron chi connectivity index (χ2n) is 7.20. The van der Waals surface area contributed by atoms with Crippen LogP contribution in [0.3, 0.4) is 0 Å². The van der Waals surface area contributed by atoms with Crippen LogP contribution in [-0.2, 0) is 11.2 Å². The van der Waals surface area contributed by atoms with Crippen molar-refractivity contribution < 1.29 is 19.1 Å². The summed E-state index contributed by atoms with van der Waals surface area (Å²) in [7, 11) is 0. The molecule has 0 bridgehead atoms. The van der Waals surface area contributed by atoms with Gasteiger partial charge in [-0.05, 0) is 56.2 Å². The summed E-state index contributed by atoms with van der Waals surface area (Å²) < 4.78 is 6.86. The molecule has 1 heterocycles. The summed E-state index contributed by atoms with van der Waals surface area (Å²) in [5.74, 6) is -0.860. The Morgan fingerprint density at radius 2 is 1.71 bits per heavy atom. The first-order chi connectivity index (χ1) is 14.9. The lowest BCUT2D eigenvalue weighted by Crippen LogP contribution is -2.15. The lowest BCUT2D eigenvalue weighted by molar-refractivity contribution is 0.0526. The predicted octanol–water partition coefficient (Wildman–Crippen LogP) is 5.71. The number of rotatable bonds is 5. The summed E-state index contributed by atoms with van der Waals surface area (Å²) >= 11 is 12.5. The number of fused-ring (bicyclic) bond motifs is 1. The van der Waals surface area contributed by atoms with E-state index in [9.17, 15) is 14.4 Å². The van der Waals surface area contributed by atoms with E-state index in [2.05, 4.69) is 0 Å². The van der Waals surface area contributed by atoms with Crippen molar-refractivity contribution in [3.05, 3.63) is 86.7 Å². The van der Waals surface area contributed by atoms with E-state index in [0.29, 0.717) is 37.0 Å². The van der Waals surface area contributed by atoms with E-state index < -0.39 is 5.97 Å². The monoisotopic (exact) mass is 455 g/mol. The first-order valence-corrected chi connectivity index (χ1v) is 10.7. The molecular weight excluding hydrogens is 437 g/mol. The minimum absolute atomic E-state index is 0.0744. The number of aromatic nitrogens is 1. The van der Waals surface area contributed by atoms with Crippen molar-refractivity contribution in [3.8, 4) is 5.69 Å². The highest BCUT2D eigenvalue weighted by Gasteiger charge is 2.31. The number of carbonyl (C=O) groups is 3. The Morgan fingerprint density at radius 1 is 1.03 bits per heavy atom. The molecular formula is C24H19Cl2NO4. The maximum Gasteiger partial charge on any atom is 0.338 e. The highest BCUT2D eigenvalue weighted by Crippen LogP contribution is 2.34. The molecule has 0 spiro atoms. The largest absolute Gasteiger partial charge is 0.462 e. The topological polar surface area (TPSA) is 65.4 Å². The fourth-order valence-electron chi connectivity index (χ4n) is 3.87. The second kappa shape index (κ2) is 8.69. The first kappa shape index (κ1) is 21.3. The summed E-state index contributed by atoms with van der Waals surface area (Å²) in [6.07, 6.45) is 3.41. The molecule has 0 radical (unpaired) electrons. The van der Waals surface area contributed by atoms with Gasteiger partial charge in [0, 0.05) is 24.0 Å².